The first-order valence-electron chi connectivity index (χ1n) is 17.6. The number of ether oxygens (including phenoxy) is 1. The van der Waals surface area contributed by atoms with Gasteiger partial charge in [0.1, 0.15) is 30.2 Å². The highest BCUT2D eigenvalue weighted by Crippen LogP contribution is 2.46. The van der Waals surface area contributed by atoms with Crippen molar-refractivity contribution in [3.05, 3.63) is 66.5 Å². The molecule has 0 spiro atoms. The molecular formula is C37H40F2N8O4. The van der Waals surface area contributed by atoms with Crippen molar-refractivity contribution in [2.75, 3.05) is 36.9 Å². The smallest absolute Gasteiger partial charge is 0.282 e. The molecule has 3 aliphatic heterocycles. The fraction of sp³-hybridized carbons (Fsp3) is 0.432. The molecular weight excluding hydrogens is 658 g/mol. The number of hydrogen-bond acceptors (Lipinski definition) is 10. The molecule has 266 valence electrons. The normalized spacial score (nSPS) is 25.2. The lowest BCUT2D eigenvalue weighted by Crippen LogP contribution is -2.54. The molecule has 4 aromatic rings. The van der Waals surface area contributed by atoms with E-state index in [1.54, 1.807) is 36.5 Å². The molecule has 1 aliphatic carbocycles. The average molecular weight is 699 g/mol. The lowest BCUT2D eigenvalue weighted by atomic mass is 9.80. The number of carbonyl (C=O) groups excluding carboxylic acids is 2. The molecule has 12 nitrogen and oxygen atoms in total. The van der Waals surface area contributed by atoms with Gasteiger partial charge in [0.05, 0.1) is 30.7 Å². The van der Waals surface area contributed by atoms with Gasteiger partial charge in [-0.3, -0.25) is 24.5 Å². The molecule has 4 N–H and O–H groups in total. The first-order chi connectivity index (χ1) is 24.7. The van der Waals surface area contributed by atoms with E-state index in [1.165, 1.54) is 10.9 Å². The molecule has 0 unspecified atom stereocenters. The van der Waals surface area contributed by atoms with Gasteiger partial charge >= 0.3 is 0 Å². The van der Waals surface area contributed by atoms with E-state index in [2.05, 4.69) is 31.6 Å². The minimum Gasteiger partial charge on any atom is -0.507 e. The first-order valence-corrected chi connectivity index (χ1v) is 17.6. The number of fused-ring (bicyclic) bond motifs is 1. The molecule has 3 fully saturated rings. The number of carbonyl (C=O) groups is 2. The summed E-state index contributed by atoms with van der Waals surface area (Å²) in [5.41, 5.74) is 10.1. The van der Waals surface area contributed by atoms with Crippen LogP contribution in [0.2, 0.25) is 0 Å². The number of nitrogens with two attached hydrogens (primary N) is 1. The Hall–Kier alpha value is -5.11. The molecule has 2 saturated heterocycles. The van der Waals surface area contributed by atoms with Crippen molar-refractivity contribution in [2.45, 2.75) is 74.9 Å². The Balaban J connectivity index is 0.922. The predicted molar refractivity (Wildman–Crippen MR) is 185 cm³/mol. The van der Waals surface area contributed by atoms with Crippen LogP contribution in [-0.2, 0) is 9.59 Å². The Morgan fingerprint density at radius 2 is 1.78 bits per heavy atom. The third-order valence-corrected chi connectivity index (χ3v) is 11.0. The van der Waals surface area contributed by atoms with Crippen molar-refractivity contribution >= 4 is 23.3 Å². The topological polar surface area (TPSA) is 152 Å². The van der Waals surface area contributed by atoms with Crippen LogP contribution in [0.15, 0.2) is 60.9 Å². The molecule has 2 atom stereocenters. The minimum absolute atomic E-state index is 0.0458. The van der Waals surface area contributed by atoms with Crippen molar-refractivity contribution in [3.8, 4) is 33.9 Å². The number of hydrogen-bond donors (Lipinski definition) is 3. The maximum Gasteiger partial charge on any atom is 0.282 e. The van der Waals surface area contributed by atoms with Crippen LogP contribution >= 0.6 is 0 Å². The minimum atomic E-state index is -3.01. The van der Waals surface area contributed by atoms with Gasteiger partial charge in [0.25, 0.3) is 5.92 Å². The van der Waals surface area contributed by atoms with Crippen molar-refractivity contribution < 1.29 is 28.2 Å². The summed E-state index contributed by atoms with van der Waals surface area (Å²) in [6, 6.07) is 13.0. The number of piperidine rings is 2. The highest BCUT2D eigenvalue weighted by atomic mass is 19.3. The van der Waals surface area contributed by atoms with E-state index in [9.17, 15) is 14.7 Å². The van der Waals surface area contributed by atoms with E-state index in [0.717, 1.165) is 42.7 Å². The zero-order chi connectivity index (χ0) is 35.3. The zero-order valence-corrected chi connectivity index (χ0v) is 28.0. The number of para-hydroxylation sites is 2. The third-order valence-electron chi connectivity index (χ3n) is 11.0. The Labute approximate surface area is 293 Å². The summed E-state index contributed by atoms with van der Waals surface area (Å²) < 4.78 is 39.4. The number of nitrogens with one attached hydrogen (secondary N) is 1. The predicted octanol–water partition coefficient (Wildman–Crippen LogP) is 4.91. The second kappa shape index (κ2) is 13.2. The summed E-state index contributed by atoms with van der Waals surface area (Å²) in [6.45, 7) is 1.20. The van der Waals surface area contributed by atoms with Crippen LogP contribution in [0.4, 0.5) is 20.3 Å². The number of aromatic hydroxyl groups is 1. The number of likely N-dealkylation sites (tertiary alicyclic amines) is 1. The molecule has 5 heterocycles. The second-order valence-electron chi connectivity index (χ2n) is 14.0. The molecule has 2 amide bonds. The molecule has 1 saturated carbocycles. The van der Waals surface area contributed by atoms with E-state index in [1.807, 2.05) is 17.0 Å². The lowest BCUT2D eigenvalue weighted by molar-refractivity contribution is -0.134. The van der Waals surface area contributed by atoms with Gasteiger partial charge in [0, 0.05) is 41.9 Å². The quantitative estimate of drug-likeness (QED) is 0.237. The first kappa shape index (κ1) is 33.1. The number of alkyl halides is 2. The molecule has 4 aliphatic rings. The van der Waals surface area contributed by atoms with Gasteiger partial charge in [0.2, 0.25) is 11.8 Å². The summed E-state index contributed by atoms with van der Waals surface area (Å²) in [5.74, 6) is -2.31. The van der Waals surface area contributed by atoms with Crippen LogP contribution in [0, 0.1) is 0 Å². The van der Waals surface area contributed by atoms with Gasteiger partial charge in [-0.05, 0) is 74.3 Å². The van der Waals surface area contributed by atoms with E-state index >= 15 is 8.78 Å². The van der Waals surface area contributed by atoms with Crippen LogP contribution in [0.25, 0.3) is 22.4 Å². The van der Waals surface area contributed by atoms with Crippen LogP contribution in [-0.4, -0.2) is 86.0 Å². The number of nitrogen functional groups attached to an aromatic ring is 1. The highest BCUT2D eigenvalue weighted by molar-refractivity contribution is 6.02. The van der Waals surface area contributed by atoms with Gasteiger partial charge in [-0.25, -0.2) is 8.78 Å². The molecule has 0 bridgehead atoms. The van der Waals surface area contributed by atoms with Gasteiger partial charge < -0.3 is 20.5 Å². The Bertz CT molecular complexity index is 1960. The zero-order valence-electron chi connectivity index (χ0n) is 28.0. The van der Waals surface area contributed by atoms with E-state index in [-0.39, 0.29) is 48.3 Å². The van der Waals surface area contributed by atoms with Crippen molar-refractivity contribution in [3.63, 3.8) is 0 Å². The van der Waals surface area contributed by atoms with E-state index < -0.39 is 18.0 Å². The average Bonchev–Trinajstić information content (AvgIpc) is 3.61. The molecule has 51 heavy (non-hydrogen) atoms. The number of aromatic nitrogens is 4. The fourth-order valence-corrected chi connectivity index (χ4v) is 8.36. The number of rotatable bonds is 6. The number of anilines is 2. The number of imide groups is 1. The largest absolute Gasteiger partial charge is 0.507 e. The fourth-order valence-electron chi connectivity index (χ4n) is 8.36. The van der Waals surface area contributed by atoms with Crippen molar-refractivity contribution in [1.29, 1.82) is 0 Å². The SMILES string of the molecule is Nc1nnc(-c2ccccc2O)cc1-c1cnn([C@H]2CCN(C3CCC(c4cccc5c4OCCN5[C@@H]4CCC(=O)NC4=O)CC3)CC2(F)F)c1. The summed E-state index contributed by atoms with van der Waals surface area (Å²) in [7, 11) is 0. The molecule has 8 rings (SSSR count). The summed E-state index contributed by atoms with van der Waals surface area (Å²) in [6.07, 6.45) is 7.43. The molecule has 14 heteroatoms. The van der Waals surface area contributed by atoms with Crippen LogP contribution in [0.5, 0.6) is 11.5 Å². The van der Waals surface area contributed by atoms with Gasteiger partial charge in [-0.2, -0.15) is 5.10 Å². The molecule has 0 radical (unpaired) electrons. The van der Waals surface area contributed by atoms with Gasteiger partial charge in [-0.1, -0.05) is 24.3 Å². The van der Waals surface area contributed by atoms with Gasteiger partial charge in [-0.15, -0.1) is 10.2 Å². The summed E-state index contributed by atoms with van der Waals surface area (Å²) in [5, 5.41) is 25.3. The van der Waals surface area contributed by atoms with Crippen molar-refractivity contribution in [2.24, 2.45) is 0 Å². The van der Waals surface area contributed by atoms with E-state index in [0.29, 0.717) is 54.9 Å². The maximum absolute atomic E-state index is 15.9. The number of benzene rings is 2. The number of halogens is 2. The summed E-state index contributed by atoms with van der Waals surface area (Å²) in [4.78, 5) is 28.4. The second-order valence-corrected chi connectivity index (χ2v) is 14.0. The molecule has 2 aromatic carbocycles. The monoisotopic (exact) mass is 698 g/mol. The Morgan fingerprint density at radius 3 is 2.57 bits per heavy atom. The Morgan fingerprint density at radius 1 is 0.961 bits per heavy atom. The maximum atomic E-state index is 15.9. The number of phenolic OH excluding ortho intramolecular Hbond substituents is 1. The lowest BCUT2D eigenvalue weighted by Gasteiger charge is -2.44. The summed E-state index contributed by atoms with van der Waals surface area (Å²) >= 11 is 0. The third kappa shape index (κ3) is 6.26. The molecule has 2 aromatic heterocycles. The van der Waals surface area contributed by atoms with E-state index in [4.69, 9.17) is 10.5 Å². The van der Waals surface area contributed by atoms with Gasteiger partial charge in [0.15, 0.2) is 5.82 Å². The highest BCUT2D eigenvalue weighted by Gasteiger charge is 2.48. The van der Waals surface area contributed by atoms with Crippen LogP contribution < -0.4 is 20.7 Å². The van der Waals surface area contributed by atoms with Crippen LogP contribution in [0.1, 0.15) is 62.5 Å². The number of amides is 2. The van der Waals surface area contributed by atoms with Crippen LogP contribution in [0.3, 0.4) is 0 Å². The standard InChI is InChI=1S/C37H40F2N8O4/c38-37(39)21-45(15-14-32(37)47-20-23(19-41-47)27-18-28(43-44-35(27)40)26-4-1-2-7-31(26)48)24-10-8-22(9-11-24)25-5-3-6-29-34(25)51-17-16-46(29)30-12-13-33(49)42-36(30)50/h1-7,18-20,22,24,30,32,48H,8-17,21H2,(H2,40,44)(H,42,49,50)/t22?,24?,30-,32+/m1/s1. The number of nitrogens with zero attached hydrogens (tertiary/aromatic N) is 6. The van der Waals surface area contributed by atoms with Crippen molar-refractivity contribution in [1.82, 2.24) is 30.2 Å². The Kier molecular flexibility index (Phi) is 8.57. The number of phenols is 1.